The molecule has 3 rings (SSSR count). The molecule has 1 aromatic carbocycles. The number of likely N-dealkylation sites (N-methyl/N-ethyl adjacent to an activating group) is 1. The summed E-state index contributed by atoms with van der Waals surface area (Å²) in [4.78, 5) is 28.2. The van der Waals surface area contributed by atoms with Crippen molar-refractivity contribution in [2.75, 3.05) is 39.3 Å². The van der Waals surface area contributed by atoms with Crippen LogP contribution < -0.4 is 0 Å². The zero-order valence-corrected chi connectivity index (χ0v) is 18.0. The van der Waals surface area contributed by atoms with E-state index in [1.54, 1.807) is 0 Å². The normalized spacial score (nSPS) is 25.5. The van der Waals surface area contributed by atoms with Crippen LogP contribution in [0.4, 0.5) is 0 Å². The molecule has 2 atom stereocenters. The fraction of sp³-hybridized carbons (Fsp3) is 0.667. The van der Waals surface area contributed by atoms with Gasteiger partial charge in [0.2, 0.25) is 5.91 Å². The van der Waals surface area contributed by atoms with Gasteiger partial charge in [-0.25, -0.2) is 0 Å². The number of hydrogen-bond donors (Lipinski definition) is 0. The fourth-order valence-corrected chi connectivity index (χ4v) is 5.19. The first-order valence-corrected chi connectivity index (χ1v) is 11.1. The van der Waals surface area contributed by atoms with Crippen molar-refractivity contribution in [3.05, 3.63) is 34.9 Å². The van der Waals surface area contributed by atoms with E-state index < -0.39 is 0 Å². The first-order chi connectivity index (χ1) is 13.4. The van der Waals surface area contributed by atoms with E-state index in [0.29, 0.717) is 24.7 Å². The lowest BCUT2D eigenvalue weighted by Crippen LogP contribution is -2.59. The van der Waals surface area contributed by atoms with Crippen LogP contribution in [-0.4, -0.2) is 60.3 Å². The number of hydrogen-bond acceptors (Lipinski definition) is 2. The second-order valence-corrected chi connectivity index (χ2v) is 9.03. The Balaban J connectivity index is 1.66. The van der Waals surface area contributed by atoms with Crippen molar-refractivity contribution in [3.8, 4) is 0 Å². The fourth-order valence-electron chi connectivity index (χ4n) is 5.19. The quantitative estimate of drug-likeness (QED) is 0.701. The number of likely N-dealkylation sites (tertiary alicyclic amines) is 2. The third-order valence-electron chi connectivity index (χ3n) is 7.01. The number of rotatable bonds is 6. The topological polar surface area (TPSA) is 37.4 Å². The number of aryl methyl sites for hydroxylation is 2. The van der Waals surface area contributed by atoms with Gasteiger partial charge in [-0.3, -0.25) is 9.59 Å². The Bertz CT molecular complexity index is 688. The zero-order valence-electron chi connectivity index (χ0n) is 18.0. The average molecular weight is 386 g/mol. The summed E-state index contributed by atoms with van der Waals surface area (Å²) >= 11 is 0. The van der Waals surface area contributed by atoms with E-state index >= 15 is 0 Å². The van der Waals surface area contributed by atoms with Gasteiger partial charge in [0.15, 0.2) is 5.78 Å². The first kappa shape index (κ1) is 21.0. The standard InChI is InChI=1S/C24H37N2O2/c1-4-26(18-22(27)16-23-19(2)10-8-11-20(23)3)15-9-12-21(17-26)24(28)25-13-6-5-7-14-25/h8,10-11,21H,4-7,9,12-18H2,1-3H3/q+1. The number of quaternary nitrogens is 1. The maximum absolute atomic E-state index is 13.1. The molecular formula is C24H37N2O2+. The summed E-state index contributed by atoms with van der Waals surface area (Å²) in [5.74, 6) is 0.752. The number of amides is 1. The van der Waals surface area contributed by atoms with Gasteiger partial charge in [-0.05, 0) is 69.6 Å². The van der Waals surface area contributed by atoms with Crippen molar-refractivity contribution in [1.82, 2.24) is 4.90 Å². The van der Waals surface area contributed by atoms with Crippen molar-refractivity contribution < 1.29 is 14.1 Å². The molecule has 0 aliphatic carbocycles. The largest absolute Gasteiger partial charge is 0.342 e. The minimum Gasteiger partial charge on any atom is -0.342 e. The number of benzene rings is 1. The first-order valence-electron chi connectivity index (χ1n) is 11.1. The van der Waals surface area contributed by atoms with Gasteiger partial charge < -0.3 is 9.38 Å². The Labute approximate surface area is 170 Å². The van der Waals surface area contributed by atoms with Crippen LogP contribution in [0.2, 0.25) is 0 Å². The number of nitrogens with zero attached hydrogens (tertiary/aromatic N) is 2. The van der Waals surface area contributed by atoms with E-state index in [9.17, 15) is 9.59 Å². The van der Waals surface area contributed by atoms with Crippen LogP contribution in [0.1, 0.15) is 55.7 Å². The molecule has 2 saturated heterocycles. The highest BCUT2D eigenvalue weighted by molar-refractivity contribution is 5.83. The van der Waals surface area contributed by atoms with Crippen LogP contribution in [0.15, 0.2) is 18.2 Å². The van der Waals surface area contributed by atoms with Crippen molar-refractivity contribution >= 4 is 11.7 Å². The van der Waals surface area contributed by atoms with E-state index in [0.717, 1.165) is 62.9 Å². The molecule has 0 aromatic heterocycles. The van der Waals surface area contributed by atoms with Gasteiger partial charge in [0, 0.05) is 19.5 Å². The van der Waals surface area contributed by atoms with Crippen LogP contribution in [0.25, 0.3) is 0 Å². The molecule has 1 amide bonds. The number of carbonyl (C=O) groups is 2. The molecule has 1 aromatic rings. The van der Waals surface area contributed by atoms with Gasteiger partial charge >= 0.3 is 0 Å². The highest BCUT2D eigenvalue weighted by Crippen LogP contribution is 2.27. The van der Waals surface area contributed by atoms with Crippen LogP contribution in [-0.2, 0) is 16.0 Å². The molecule has 0 spiro atoms. The van der Waals surface area contributed by atoms with E-state index in [2.05, 4.69) is 43.9 Å². The molecular weight excluding hydrogens is 348 g/mol. The Morgan fingerprint density at radius 2 is 1.75 bits per heavy atom. The summed E-state index contributed by atoms with van der Waals surface area (Å²) in [6, 6.07) is 6.24. The molecule has 4 nitrogen and oxygen atoms in total. The lowest BCUT2D eigenvalue weighted by Gasteiger charge is -2.44. The number of ketones is 1. The predicted molar refractivity (Wildman–Crippen MR) is 113 cm³/mol. The summed E-state index contributed by atoms with van der Waals surface area (Å²) in [6.07, 6.45) is 6.08. The van der Waals surface area contributed by atoms with E-state index in [4.69, 9.17) is 0 Å². The second kappa shape index (κ2) is 9.21. The summed E-state index contributed by atoms with van der Waals surface area (Å²) < 4.78 is 0.786. The third-order valence-corrected chi connectivity index (χ3v) is 7.01. The number of Topliss-reactive ketones (excluding diaryl/α,β-unsaturated/α-hetero) is 1. The predicted octanol–water partition coefficient (Wildman–Crippen LogP) is 3.67. The Morgan fingerprint density at radius 3 is 2.39 bits per heavy atom. The van der Waals surface area contributed by atoms with Crippen molar-refractivity contribution in [3.63, 3.8) is 0 Å². The average Bonchev–Trinajstić information content (AvgIpc) is 2.71. The van der Waals surface area contributed by atoms with Crippen molar-refractivity contribution in [2.24, 2.45) is 5.92 Å². The van der Waals surface area contributed by atoms with Gasteiger partial charge in [0.25, 0.3) is 0 Å². The minimum absolute atomic E-state index is 0.0970. The van der Waals surface area contributed by atoms with Crippen LogP contribution in [0.5, 0.6) is 0 Å². The van der Waals surface area contributed by atoms with Gasteiger partial charge in [-0.1, -0.05) is 18.2 Å². The molecule has 2 heterocycles. The van der Waals surface area contributed by atoms with Gasteiger partial charge in [0.1, 0.15) is 6.54 Å². The van der Waals surface area contributed by atoms with Crippen LogP contribution in [0.3, 0.4) is 0 Å². The molecule has 0 radical (unpaired) electrons. The molecule has 4 heteroatoms. The number of piperidine rings is 2. The summed E-state index contributed by atoms with van der Waals surface area (Å²) in [5.41, 5.74) is 3.58. The van der Waals surface area contributed by atoms with Crippen molar-refractivity contribution in [1.29, 1.82) is 0 Å². The summed E-state index contributed by atoms with van der Waals surface area (Å²) in [6.45, 7) is 11.6. The molecule has 0 N–H and O–H groups in total. The zero-order chi connectivity index (χ0) is 20.1. The molecule has 0 bridgehead atoms. The molecule has 28 heavy (non-hydrogen) atoms. The van der Waals surface area contributed by atoms with Crippen molar-refractivity contribution in [2.45, 2.75) is 59.3 Å². The molecule has 2 unspecified atom stereocenters. The Hall–Kier alpha value is -1.68. The Kier molecular flexibility index (Phi) is 6.92. The second-order valence-electron chi connectivity index (χ2n) is 9.03. The van der Waals surface area contributed by atoms with Gasteiger partial charge in [-0.15, -0.1) is 0 Å². The molecule has 0 saturated carbocycles. The van der Waals surface area contributed by atoms with Gasteiger partial charge in [-0.2, -0.15) is 0 Å². The molecule has 154 valence electrons. The monoisotopic (exact) mass is 385 g/mol. The van der Waals surface area contributed by atoms with Crippen LogP contribution >= 0.6 is 0 Å². The van der Waals surface area contributed by atoms with Crippen LogP contribution in [0, 0.1) is 19.8 Å². The summed E-state index contributed by atoms with van der Waals surface area (Å²) in [5, 5.41) is 0. The summed E-state index contributed by atoms with van der Waals surface area (Å²) in [7, 11) is 0. The molecule has 2 fully saturated rings. The van der Waals surface area contributed by atoms with E-state index in [1.165, 1.54) is 23.1 Å². The minimum atomic E-state index is 0.0970. The lowest BCUT2D eigenvalue weighted by molar-refractivity contribution is -0.925. The molecule has 2 aliphatic rings. The van der Waals surface area contributed by atoms with E-state index in [-0.39, 0.29) is 5.92 Å². The smallest absolute Gasteiger partial charge is 0.231 e. The third kappa shape index (κ3) is 4.83. The maximum Gasteiger partial charge on any atom is 0.231 e. The lowest BCUT2D eigenvalue weighted by atomic mass is 9.92. The Morgan fingerprint density at radius 1 is 1.07 bits per heavy atom. The number of carbonyl (C=O) groups excluding carboxylic acids is 2. The van der Waals surface area contributed by atoms with Gasteiger partial charge in [0.05, 0.1) is 25.6 Å². The highest BCUT2D eigenvalue weighted by Gasteiger charge is 2.40. The SMILES string of the molecule is CC[N+]1(CC(=O)Cc2c(C)cccc2C)CCCC(C(=O)N2CCCCC2)C1. The molecule has 2 aliphatic heterocycles. The maximum atomic E-state index is 13.1. The highest BCUT2D eigenvalue weighted by atomic mass is 16.2. The van der Waals surface area contributed by atoms with E-state index in [1.807, 2.05) is 0 Å².